The Morgan fingerprint density at radius 3 is 2.50 bits per heavy atom. The summed E-state index contributed by atoms with van der Waals surface area (Å²) in [5.74, 6) is 2.75. The van der Waals surface area contributed by atoms with E-state index in [1.54, 1.807) is 6.92 Å². The fourth-order valence-electron chi connectivity index (χ4n) is 9.08. The third kappa shape index (κ3) is 3.54. The number of aliphatic hydroxyl groups is 1. The number of hydrogen-bond acceptors (Lipinski definition) is 3. The Morgan fingerprint density at radius 1 is 1.00 bits per heavy atom. The first kappa shape index (κ1) is 22.4. The molecule has 4 aliphatic carbocycles. The van der Waals surface area contributed by atoms with Gasteiger partial charge in [0.25, 0.3) is 0 Å². The van der Waals surface area contributed by atoms with Gasteiger partial charge < -0.3 is 9.84 Å². The average molecular weight is 439 g/mol. The minimum absolute atomic E-state index is 0.0566. The second kappa shape index (κ2) is 8.15. The molecular formula is C29H42O3. The fraction of sp³-hybridized carbons (Fsp3) is 0.759. The first-order valence-electron chi connectivity index (χ1n) is 13.2. The number of carbonyl (C=O) groups is 1. The van der Waals surface area contributed by atoms with Gasteiger partial charge in [-0.1, -0.05) is 44.2 Å². The van der Waals surface area contributed by atoms with Gasteiger partial charge in [-0.25, -0.2) is 0 Å². The highest BCUT2D eigenvalue weighted by atomic mass is 16.5. The minimum atomic E-state index is -0.525. The SMILES string of the molecule is CC(=O)O[C@H]1CC[C@]2(C)[C@H](CC[C@H]3[C@H]4CC[C@](O)(CCc5ccccc5)[C@]4(C)CC[C@@H]32)C1. The molecule has 0 heterocycles. The van der Waals surface area contributed by atoms with Gasteiger partial charge in [-0.3, -0.25) is 4.79 Å². The van der Waals surface area contributed by atoms with Crippen molar-refractivity contribution >= 4 is 5.97 Å². The first-order valence-corrected chi connectivity index (χ1v) is 13.2. The molecule has 1 aromatic rings. The Labute approximate surface area is 194 Å². The Bertz CT molecular complexity index is 836. The van der Waals surface area contributed by atoms with E-state index in [0.717, 1.165) is 43.9 Å². The molecule has 1 aromatic carbocycles. The van der Waals surface area contributed by atoms with Crippen molar-refractivity contribution in [1.82, 2.24) is 0 Å². The maximum absolute atomic E-state index is 12.0. The largest absolute Gasteiger partial charge is 0.463 e. The normalized spacial score (nSPS) is 45.4. The van der Waals surface area contributed by atoms with Gasteiger partial charge in [-0.2, -0.15) is 0 Å². The summed E-state index contributed by atoms with van der Waals surface area (Å²) in [6.45, 7) is 6.53. The molecule has 1 N–H and O–H groups in total. The van der Waals surface area contributed by atoms with Gasteiger partial charge in [0.15, 0.2) is 0 Å². The van der Waals surface area contributed by atoms with E-state index in [9.17, 15) is 9.90 Å². The molecule has 0 spiro atoms. The predicted molar refractivity (Wildman–Crippen MR) is 127 cm³/mol. The molecule has 0 saturated heterocycles. The summed E-state index contributed by atoms with van der Waals surface area (Å²) in [6, 6.07) is 10.7. The molecule has 4 saturated carbocycles. The Hall–Kier alpha value is -1.35. The number of ether oxygens (including phenoxy) is 1. The van der Waals surface area contributed by atoms with Gasteiger partial charge in [0.2, 0.25) is 0 Å². The number of hydrogen-bond donors (Lipinski definition) is 1. The highest BCUT2D eigenvalue weighted by Gasteiger charge is 2.64. The number of rotatable bonds is 4. The predicted octanol–water partition coefficient (Wildman–Crippen LogP) is 6.32. The summed E-state index contributed by atoms with van der Waals surface area (Å²) >= 11 is 0. The summed E-state index contributed by atoms with van der Waals surface area (Å²) in [4.78, 5) is 11.5. The third-order valence-corrected chi connectivity index (χ3v) is 10.9. The van der Waals surface area contributed by atoms with Crippen molar-refractivity contribution in [3.63, 3.8) is 0 Å². The lowest BCUT2D eigenvalue weighted by Crippen LogP contribution is -2.57. The number of aryl methyl sites for hydroxylation is 1. The summed E-state index contributed by atoms with van der Waals surface area (Å²) < 4.78 is 5.63. The lowest BCUT2D eigenvalue weighted by Gasteiger charge is -2.61. The zero-order valence-corrected chi connectivity index (χ0v) is 20.3. The van der Waals surface area contributed by atoms with E-state index >= 15 is 0 Å². The van der Waals surface area contributed by atoms with E-state index < -0.39 is 5.60 Å². The van der Waals surface area contributed by atoms with Gasteiger partial charge in [-0.15, -0.1) is 0 Å². The maximum Gasteiger partial charge on any atom is 0.302 e. The second-order valence-corrected chi connectivity index (χ2v) is 12.2. The summed E-state index contributed by atoms with van der Waals surface area (Å²) in [6.07, 6.45) is 12.4. The Morgan fingerprint density at radius 2 is 1.75 bits per heavy atom. The summed E-state index contributed by atoms with van der Waals surface area (Å²) in [5.41, 5.74) is 1.26. The maximum atomic E-state index is 12.0. The van der Waals surface area contributed by atoms with E-state index in [1.807, 2.05) is 0 Å². The fourth-order valence-corrected chi connectivity index (χ4v) is 9.08. The van der Waals surface area contributed by atoms with E-state index in [1.165, 1.54) is 44.1 Å². The molecule has 0 aromatic heterocycles. The Kier molecular flexibility index (Phi) is 5.72. The molecule has 176 valence electrons. The van der Waals surface area contributed by atoms with Crippen molar-refractivity contribution in [2.75, 3.05) is 0 Å². The molecule has 0 radical (unpaired) electrons. The van der Waals surface area contributed by atoms with Crippen LogP contribution in [-0.2, 0) is 16.0 Å². The first-order chi connectivity index (χ1) is 15.3. The van der Waals surface area contributed by atoms with Crippen LogP contribution in [0.1, 0.15) is 90.5 Å². The van der Waals surface area contributed by atoms with Gasteiger partial charge in [0.1, 0.15) is 6.10 Å². The van der Waals surface area contributed by atoms with Crippen LogP contribution in [0.2, 0.25) is 0 Å². The van der Waals surface area contributed by atoms with Gasteiger partial charge >= 0.3 is 5.97 Å². The molecule has 32 heavy (non-hydrogen) atoms. The van der Waals surface area contributed by atoms with Gasteiger partial charge in [0, 0.05) is 6.92 Å². The molecule has 4 fully saturated rings. The monoisotopic (exact) mass is 438 g/mol. The van der Waals surface area contributed by atoms with Crippen LogP contribution in [-0.4, -0.2) is 22.8 Å². The number of esters is 1. The zero-order valence-electron chi connectivity index (χ0n) is 20.3. The van der Waals surface area contributed by atoms with Crippen molar-refractivity contribution in [2.24, 2.45) is 34.5 Å². The number of benzene rings is 1. The van der Waals surface area contributed by atoms with Gasteiger partial charge in [0.05, 0.1) is 5.60 Å². The minimum Gasteiger partial charge on any atom is -0.463 e. The molecule has 4 aliphatic rings. The van der Waals surface area contributed by atoms with Crippen LogP contribution in [0.25, 0.3) is 0 Å². The van der Waals surface area contributed by atoms with Crippen molar-refractivity contribution in [2.45, 2.75) is 103 Å². The molecule has 0 bridgehead atoms. The number of carbonyl (C=O) groups excluding carboxylic acids is 1. The van der Waals surface area contributed by atoms with Crippen LogP contribution < -0.4 is 0 Å². The van der Waals surface area contributed by atoms with Crippen LogP contribution in [0.3, 0.4) is 0 Å². The zero-order chi connectivity index (χ0) is 22.6. The molecule has 3 nitrogen and oxygen atoms in total. The molecular weight excluding hydrogens is 396 g/mol. The van der Waals surface area contributed by atoms with E-state index in [0.29, 0.717) is 17.3 Å². The van der Waals surface area contributed by atoms with E-state index in [2.05, 4.69) is 44.2 Å². The van der Waals surface area contributed by atoms with Crippen LogP contribution >= 0.6 is 0 Å². The molecule has 0 aliphatic heterocycles. The van der Waals surface area contributed by atoms with Crippen LogP contribution in [0, 0.1) is 34.5 Å². The van der Waals surface area contributed by atoms with E-state index in [-0.39, 0.29) is 17.5 Å². The highest BCUT2D eigenvalue weighted by molar-refractivity contribution is 5.66. The highest BCUT2D eigenvalue weighted by Crippen LogP contribution is 2.68. The Balaban J connectivity index is 1.31. The quantitative estimate of drug-likeness (QED) is 0.559. The molecule has 8 atom stereocenters. The molecule has 0 amide bonds. The second-order valence-electron chi connectivity index (χ2n) is 12.2. The third-order valence-electron chi connectivity index (χ3n) is 10.9. The van der Waals surface area contributed by atoms with Crippen molar-refractivity contribution < 1.29 is 14.6 Å². The summed E-state index contributed by atoms with van der Waals surface area (Å²) in [5, 5.41) is 12.0. The van der Waals surface area contributed by atoms with Gasteiger partial charge in [-0.05, 0) is 111 Å². The summed E-state index contributed by atoms with van der Waals surface area (Å²) in [7, 11) is 0. The molecule has 0 unspecified atom stereocenters. The molecule has 3 heteroatoms. The number of fused-ring (bicyclic) bond motifs is 5. The van der Waals surface area contributed by atoms with Crippen molar-refractivity contribution in [3.05, 3.63) is 35.9 Å². The lowest BCUT2D eigenvalue weighted by atomic mass is 9.44. The molecule has 5 rings (SSSR count). The smallest absolute Gasteiger partial charge is 0.302 e. The van der Waals surface area contributed by atoms with Crippen molar-refractivity contribution in [3.8, 4) is 0 Å². The van der Waals surface area contributed by atoms with E-state index in [4.69, 9.17) is 4.74 Å². The lowest BCUT2D eigenvalue weighted by molar-refractivity contribution is -0.170. The standard InChI is InChI=1S/C29H42O3/c1-20(30)32-23-12-15-27(2)22(19-23)9-10-24-25(27)13-16-28(3)26(24)14-18-29(28,31)17-11-21-7-5-4-6-8-21/h4-8,22-26,31H,9-19H2,1-3H3/t22-,23+,24-,25+,26-,27-,28-,29-/m1/s1. The van der Waals surface area contributed by atoms with Crippen LogP contribution in [0.15, 0.2) is 30.3 Å². The average Bonchev–Trinajstić information content (AvgIpc) is 3.04. The topological polar surface area (TPSA) is 46.5 Å². The van der Waals surface area contributed by atoms with Crippen molar-refractivity contribution in [1.29, 1.82) is 0 Å². The van der Waals surface area contributed by atoms with Crippen LogP contribution in [0.4, 0.5) is 0 Å². The van der Waals surface area contributed by atoms with Crippen LogP contribution in [0.5, 0.6) is 0 Å².